The van der Waals surface area contributed by atoms with Crippen LogP contribution in [0, 0.1) is 5.92 Å². The quantitative estimate of drug-likeness (QED) is 0.929. The molecule has 4 nitrogen and oxygen atoms in total. The fraction of sp³-hybridized carbons (Fsp3) is 0.529. The Morgan fingerprint density at radius 2 is 1.86 bits per heavy atom. The molecule has 0 spiro atoms. The second-order valence-corrected chi connectivity index (χ2v) is 6.16. The minimum atomic E-state index is -0.914. The van der Waals surface area contributed by atoms with E-state index in [1.807, 2.05) is 24.3 Å². The van der Waals surface area contributed by atoms with Gasteiger partial charge in [-0.2, -0.15) is 0 Å². The first-order valence-corrected chi connectivity index (χ1v) is 7.79. The number of carboxylic acid groups (broad SMARTS) is 1. The Hall–Kier alpha value is -1.84. The van der Waals surface area contributed by atoms with Gasteiger partial charge < -0.3 is 5.11 Å². The molecule has 1 aliphatic heterocycles. The molecular formula is C17H21NO3. The molecule has 0 aromatic heterocycles. The molecule has 1 aliphatic carbocycles. The lowest BCUT2D eigenvalue weighted by molar-refractivity contribution is -0.140. The first kappa shape index (κ1) is 14.1. The number of hydrogen-bond acceptors (Lipinski definition) is 2. The lowest BCUT2D eigenvalue weighted by atomic mass is 9.86. The number of rotatable bonds is 3. The zero-order valence-electron chi connectivity index (χ0n) is 12.1. The molecule has 0 radical (unpaired) electrons. The number of carboxylic acids is 1. The average molecular weight is 287 g/mol. The molecule has 0 saturated heterocycles. The lowest BCUT2D eigenvalue weighted by Gasteiger charge is -2.27. The summed E-state index contributed by atoms with van der Waals surface area (Å²) < 4.78 is 0. The highest BCUT2D eigenvalue weighted by molar-refractivity contribution is 6.01. The van der Waals surface area contributed by atoms with Gasteiger partial charge in [0.25, 0.3) is 0 Å². The van der Waals surface area contributed by atoms with Crippen LogP contribution in [-0.4, -0.2) is 23.0 Å². The van der Waals surface area contributed by atoms with Gasteiger partial charge in [-0.05, 0) is 30.4 Å². The van der Waals surface area contributed by atoms with Crippen molar-refractivity contribution >= 4 is 17.6 Å². The fourth-order valence-electron chi connectivity index (χ4n) is 3.63. The smallest absolute Gasteiger partial charge is 0.327 e. The number of nitrogens with zero attached hydrogens (tertiary/aromatic N) is 1. The van der Waals surface area contributed by atoms with E-state index in [0.717, 1.165) is 24.1 Å². The predicted molar refractivity (Wildman–Crippen MR) is 80.2 cm³/mol. The summed E-state index contributed by atoms with van der Waals surface area (Å²) in [6, 6.07) is 6.80. The Morgan fingerprint density at radius 3 is 2.57 bits per heavy atom. The molecule has 0 bridgehead atoms. The average Bonchev–Trinajstić information content (AvgIpc) is 2.88. The van der Waals surface area contributed by atoms with Crippen molar-refractivity contribution < 1.29 is 14.7 Å². The molecule has 1 saturated carbocycles. The Morgan fingerprint density at radius 1 is 1.14 bits per heavy atom. The summed E-state index contributed by atoms with van der Waals surface area (Å²) in [7, 11) is 0. The molecule has 2 aliphatic rings. The molecule has 1 amide bonds. The summed E-state index contributed by atoms with van der Waals surface area (Å²) in [5.41, 5.74) is 1.74. The summed E-state index contributed by atoms with van der Waals surface area (Å²) in [6.45, 7) is 0. The van der Waals surface area contributed by atoms with Crippen molar-refractivity contribution in [1.82, 2.24) is 0 Å². The number of anilines is 1. The Kier molecular flexibility index (Phi) is 3.95. The van der Waals surface area contributed by atoms with Crippen LogP contribution in [0.3, 0.4) is 0 Å². The van der Waals surface area contributed by atoms with Gasteiger partial charge in [0.05, 0.1) is 0 Å². The Labute approximate surface area is 124 Å². The van der Waals surface area contributed by atoms with Gasteiger partial charge in [0.1, 0.15) is 6.04 Å². The SMILES string of the molecule is O=C(O)[C@@H]1Cc2ccccc2N1C(=O)CC1CCCCC1. The number of para-hydroxylation sites is 1. The van der Waals surface area contributed by atoms with E-state index in [4.69, 9.17) is 0 Å². The van der Waals surface area contributed by atoms with E-state index in [1.54, 1.807) is 0 Å². The summed E-state index contributed by atoms with van der Waals surface area (Å²) in [5, 5.41) is 9.42. The number of carbonyl (C=O) groups excluding carboxylic acids is 1. The summed E-state index contributed by atoms with van der Waals surface area (Å²) in [4.78, 5) is 25.7. The fourth-order valence-corrected chi connectivity index (χ4v) is 3.63. The molecule has 3 rings (SSSR count). The van der Waals surface area contributed by atoms with E-state index in [-0.39, 0.29) is 5.91 Å². The number of carbonyl (C=O) groups is 2. The van der Waals surface area contributed by atoms with Crippen LogP contribution in [-0.2, 0) is 16.0 Å². The van der Waals surface area contributed by atoms with Crippen molar-refractivity contribution in [2.24, 2.45) is 5.92 Å². The van der Waals surface area contributed by atoms with Crippen LogP contribution in [0.2, 0.25) is 0 Å². The van der Waals surface area contributed by atoms with Crippen LogP contribution in [0.1, 0.15) is 44.1 Å². The van der Waals surface area contributed by atoms with Crippen LogP contribution >= 0.6 is 0 Å². The topological polar surface area (TPSA) is 57.6 Å². The highest BCUT2D eigenvalue weighted by atomic mass is 16.4. The molecule has 0 unspecified atom stereocenters. The largest absolute Gasteiger partial charge is 0.480 e. The first-order chi connectivity index (χ1) is 10.2. The number of fused-ring (bicyclic) bond motifs is 1. The van der Waals surface area contributed by atoms with Gasteiger partial charge >= 0.3 is 5.97 Å². The highest BCUT2D eigenvalue weighted by Gasteiger charge is 2.38. The number of amides is 1. The molecule has 1 N–H and O–H groups in total. The molecule has 4 heteroatoms. The molecule has 21 heavy (non-hydrogen) atoms. The molecule has 112 valence electrons. The van der Waals surface area contributed by atoms with Gasteiger partial charge in [0, 0.05) is 18.5 Å². The standard InChI is InChI=1S/C17H21NO3/c19-16(10-12-6-2-1-3-7-12)18-14-9-5-4-8-13(14)11-15(18)17(20)21/h4-5,8-9,12,15H,1-3,6-7,10-11H2,(H,20,21)/t15-/m0/s1. The van der Waals surface area contributed by atoms with Gasteiger partial charge in [-0.25, -0.2) is 4.79 Å². The molecular weight excluding hydrogens is 266 g/mol. The van der Waals surface area contributed by atoms with Crippen LogP contribution in [0.5, 0.6) is 0 Å². The van der Waals surface area contributed by atoms with Gasteiger partial charge in [0.15, 0.2) is 0 Å². The van der Waals surface area contributed by atoms with E-state index in [9.17, 15) is 14.7 Å². The first-order valence-electron chi connectivity index (χ1n) is 7.79. The Balaban J connectivity index is 1.80. The zero-order chi connectivity index (χ0) is 14.8. The summed E-state index contributed by atoms with van der Waals surface area (Å²) >= 11 is 0. The predicted octanol–water partition coefficient (Wildman–Crippen LogP) is 3.00. The summed E-state index contributed by atoms with van der Waals surface area (Å²) in [6.07, 6.45) is 6.74. The van der Waals surface area contributed by atoms with Crippen molar-refractivity contribution in [3.05, 3.63) is 29.8 Å². The zero-order valence-corrected chi connectivity index (χ0v) is 12.1. The van der Waals surface area contributed by atoms with Gasteiger partial charge in [0.2, 0.25) is 5.91 Å². The van der Waals surface area contributed by atoms with Crippen molar-refractivity contribution in [2.75, 3.05) is 4.90 Å². The summed E-state index contributed by atoms with van der Waals surface area (Å²) in [5.74, 6) is -0.518. The Bertz CT molecular complexity index is 549. The van der Waals surface area contributed by atoms with E-state index >= 15 is 0 Å². The molecule has 1 atom stereocenters. The van der Waals surface area contributed by atoms with Crippen molar-refractivity contribution in [3.63, 3.8) is 0 Å². The van der Waals surface area contributed by atoms with Crippen molar-refractivity contribution in [3.8, 4) is 0 Å². The van der Waals surface area contributed by atoms with Crippen molar-refractivity contribution in [2.45, 2.75) is 51.0 Å². The maximum atomic E-state index is 12.7. The molecule has 1 aromatic rings. The van der Waals surface area contributed by atoms with E-state index < -0.39 is 12.0 Å². The minimum Gasteiger partial charge on any atom is -0.480 e. The van der Waals surface area contributed by atoms with Crippen LogP contribution in [0.15, 0.2) is 24.3 Å². The highest BCUT2D eigenvalue weighted by Crippen LogP contribution is 2.34. The van der Waals surface area contributed by atoms with Crippen LogP contribution in [0.4, 0.5) is 5.69 Å². The third kappa shape index (κ3) is 2.80. The van der Waals surface area contributed by atoms with Gasteiger partial charge in [-0.3, -0.25) is 9.69 Å². The maximum absolute atomic E-state index is 12.7. The second-order valence-electron chi connectivity index (χ2n) is 6.16. The van der Waals surface area contributed by atoms with E-state index in [0.29, 0.717) is 18.8 Å². The van der Waals surface area contributed by atoms with Crippen LogP contribution in [0.25, 0.3) is 0 Å². The normalized spacial score (nSPS) is 22.1. The van der Waals surface area contributed by atoms with Crippen LogP contribution < -0.4 is 4.90 Å². The van der Waals surface area contributed by atoms with Crippen molar-refractivity contribution in [1.29, 1.82) is 0 Å². The molecule has 1 heterocycles. The lowest BCUT2D eigenvalue weighted by Crippen LogP contribution is -2.43. The second kappa shape index (κ2) is 5.88. The third-order valence-corrected chi connectivity index (χ3v) is 4.72. The molecule has 1 aromatic carbocycles. The monoisotopic (exact) mass is 287 g/mol. The number of hydrogen-bond donors (Lipinski definition) is 1. The van der Waals surface area contributed by atoms with E-state index in [2.05, 4.69) is 0 Å². The number of benzene rings is 1. The van der Waals surface area contributed by atoms with E-state index in [1.165, 1.54) is 24.2 Å². The molecule has 1 fully saturated rings. The maximum Gasteiger partial charge on any atom is 0.327 e. The van der Waals surface area contributed by atoms with Gasteiger partial charge in [-0.1, -0.05) is 37.5 Å². The van der Waals surface area contributed by atoms with Gasteiger partial charge in [-0.15, -0.1) is 0 Å². The number of aliphatic carboxylic acids is 1. The third-order valence-electron chi connectivity index (χ3n) is 4.72. The minimum absolute atomic E-state index is 0.0285.